The van der Waals surface area contributed by atoms with Gasteiger partial charge in [-0.1, -0.05) is 18.2 Å². The monoisotopic (exact) mass is 335 g/mol. The fourth-order valence-electron chi connectivity index (χ4n) is 2.73. The standard InChI is InChI=1S/C18H17N5O2/c1-11-7-8-15(25-11)18-20-16(19)13-10-23(22-17(13)21-18)9-12-5-3-4-6-14(12)24-2/h3-8,10H,9H2,1-2H3,(H2,19,20,21,22). The summed E-state index contributed by atoms with van der Waals surface area (Å²) in [5, 5.41) is 5.24. The van der Waals surface area contributed by atoms with Crippen LogP contribution in [0.2, 0.25) is 0 Å². The van der Waals surface area contributed by atoms with Gasteiger partial charge in [-0.05, 0) is 25.1 Å². The second-order valence-electron chi connectivity index (χ2n) is 5.72. The third kappa shape index (κ3) is 2.80. The Labute approximate surface area is 144 Å². The van der Waals surface area contributed by atoms with Crippen LogP contribution in [0.5, 0.6) is 5.75 Å². The average molecular weight is 335 g/mol. The first-order valence-corrected chi connectivity index (χ1v) is 7.83. The molecule has 0 saturated heterocycles. The third-order valence-corrected chi connectivity index (χ3v) is 3.94. The van der Waals surface area contributed by atoms with Crippen molar-refractivity contribution in [3.8, 4) is 17.3 Å². The van der Waals surface area contributed by atoms with Gasteiger partial charge in [-0.3, -0.25) is 4.68 Å². The minimum Gasteiger partial charge on any atom is -0.496 e. The Balaban J connectivity index is 1.74. The topological polar surface area (TPSA) is 92.0 Å². The maximum absolute atomic E-state index is 6.09. The number of aryl methyl sites for hydroxylation is 1. The number of hydrogen-bond acceptors (Lipinski definition) is 6. The predicted octanol–water partition coefficient (Wildman–Crippen LogP) is 3.03. The van der Waals surface area contributed by atoms with E-state index in [0.29, 0.717) is 35.0 Å². The molecule has 0 radical (unpaired) electrons. The molecule has 3 aromatic heterocycles. The highest BCUT2D eigenvalue weighted by atomic mass is 16.5. The predicted molar refractivity (Wildman–Crippen MR) is 94.3 cm³/mol. The van der Waals surface area contributed by atoms with E-state index in [0.717, 1.165) is 17.1 Å². The van der Waals surface area contributed by atoms with E-state index in [9.17, 15) is 0 Å². The zero-order chi connectivity index (χ0) is 17.4. The molecule has 1 aromatic carbocycles. The number of para-hydroxylation sites is 1. The molecule has 4 rings (SSSR count). The zero-order valence-electron chi connectivity index (χ0n) is 13.9. The highest BCUT2D eigenvalue weighted by Gasteiger charge is 2.14. The number of nitrogen functional groups attached to an aromatic ring is 1. The summed E-state index contributed by atoms with van der Waals surface area (Å²) in [5.74, 6) is 2.98. The van der Waals surface area contributed by atoms with Gasteiger partial charge in [0.25, 0.3) is 0 Å². The van der Waals surface area contributed by atoms with Gasteiger partial charge >= 0.3 is 0 Å². The van der Waals surface area contributed by atoms with Crippen molar-refractivity contribution in [3.63, 3.8) is 0 Å². The van der Waals surface area contributed by atoms with Crippen molar-refractivity contribution >= 4 is 16.9 Å². The molecule has 7 heteroatoms. The molecule has 0 unspecified atom stereocenters. The lowest BCUT2D eigenvalue weighted by atomic mass is 10.2. The molecule has 0 aliphatic heterocycles. The van der Waals surface area contributed by atoms with E-state index in [1.165, 1.54) is 0 Å². The van der Waals surface area contributed by atoms with Crippen LogP contribution < -0.4 is 10.5 Å². The number of rotatable bonds is 4. The van der Waals surface area contributed by atoms with Gasteiger partial charge in [-0.2, -0.15) is 5.10 Å². The molecule has 0 spiro atoms. The van der Waals surface area contributed by atoms with Crippen LogP contribution in [-0.2, 0) is 6.54 Å². The number of anilines is 1. The molecule has 0 saturated carbocycles. The molecule has 0 amide bonds. The molecule has 0 atom stereocenters. The van der Waals surface area contributed by atoms with Gasteiger partial charge in [0.15, 0.2) is 17.2 Å². The number of hydrogen-bond donors (Lipinski definition) is 1. The van der Waals surface area contributed by atoms with Crippen molar-refractivity contribution < 1.29 is 9.15 Å². The SMILES string of the molecule is COc1ccccc1Cn1cc2c(N)nc(-c3ccc(C)o3)nc2n1. The normalized spacial score (nSPS) is 11.1. The summed E-state index contributed by atoms with van der Waals surface area (Å²) in [6.07, 6.45) is 1.84. The number of methoxy groups -OCH3 is 1. The lowest BCUT2D eigenvalue weighted by Gasteiger charge is -2.07. The van der Waals surface area contributed by atoms with Gasteiger partial charge in [0, 0.05) is 11.8 Å². The highest BCUT2D eigenvalue weighted by Crippen LogP contribution is 2.25. The van der Waals surface area contributed by atoms with E-state index in [4.69, 9.17) is 14.9 Å². The zero-order valence-corrected chi connectivity index (χ0v) is 13.9. The highest BCUT2D eigenvalue weighted by molar-refractivity contribution is 5.86. The van der Waals surface area contributed by atoms with Crippen LogP contribution >= 0.6 is 0 Å². The maximum atomic E-state index is 6.09. The fourth-order valence-corrected chi connectivity index (χ4v) is 2.73. The number of nitrogens with zero attached hydrogens (tertiary/aromatic N) is 4. The fraction of sp³-hybridized carbons (Fsp3) is 0.167. The van der Waals surface area contributed by atoms with Crippen LogP contribution in [0.4, 0.5) is 5.82 Å². The Morgan fingerprint density at radius 3 is 2.76 bits per heavy atom. The Bertz CT molecular complexity index is 1050. The Morgan fingerprint density at radius 2 is 2.00 bits per heavy atom. The van der Waals surface area contributed by atoms with Crippen LogP contribution in [0.25, 0.3) is 22.6 Å². The second-order valence-corrected chi connectivity index (χ2v) is 5.72. The first-order valence-electron chi connectivity index (χ1n) is 7.83. The van der Waals surface area contributed by atoms with Gasteiger partial charge in [0.1, 0.15) is 17.3 Å². The van der Waals surface area contributed by atoms with E-state index in [-0.39, 0.29) is 0 Å². The van der Waals surface area contributed by atoms with Crippen LogP contribution in [-0.4, -0.2) is 26.9 Å². The van der Waals surface area contributed by atoms with Crippen LogP contribution in [0, 0.1) is 6.92 Å². The first kappa shape index (κ1) is 15.2. The quantitative estimate of drug-likeness (QED) is 0.616. The van der Waals surface area contributed by atoms with Crippen molar-refractivity contribution in [2.75, 3.05) is 12.8 Å². The first-order chi connectivity index (χ1) is 12.1. The summed E-state index contributed by atoms with van der Waals surface area (Å²) in [7, 11) is 1.65. The number of ether oxygens (including phenoxy) is 1. The minimum atomic E-state index is 0.375. The summed E-state index contributed by atoms with van der Waals surface area (Å²) >= 11 is 0. The number of fused-ring (bicyclic) bond motifs is 1. The smallest absolute Gasteiger partial charge is 0.199 e. The number of furan rings is 1. The molecule has 0 bridgehead atoms. The van der Waals surface area contributed by atoms with Crippen molar-refractivity contribution in [3.05, 3.63) is 53.9 Å². The van der Waals surface area contributed by atoms with Crippen LogP contribution in [0.15, 0.2) is 47.0 Å². The van der Waals surface area contributed by atoms with Gasteiger partial charge < -0.3 is 14.9 Å². The lowest BCUT2D eigenvalue weighted by molar-refractivity contribution is 0.407. The summed E-state index contributed by atoms with van der Waals surface area (Å²) in [6.45, 7) is 2.42. The van der Waals surface area contributed by atoms with Gasteiger partial charge in [0.05, 0.1) is 19.0 Å². The molecule has 4 aromatic rings. The van der Waals surface area contributed by atoms with Gasteiger partial charge in [-0.25, -0.2) is 9.97 Å². The Hall–Kier alpha value is -3.35. The Kier molecular flexibility index (Phi) is 3.61. The van der Waals surface area contributed by atoms with E-state index < -0.39 is 0 Å². The van der Waals surface area contributed by atoms with Crippen molar-refractivity contribution in [1.82, 2.24) is 19.7 Å². The number of nitrogens with two attached hydrogens (primary N) is 1. The van der Waals surface area contributed by atoms with Gasteiger partial charge in [0.2, 0.25) is 0 Å². The summed E-state index contributed by atoms with van der Waals surface area (Å²) < 4.78 is 12.7. The summed E-state index contributed by atoms with van der Waals surface area (Å²) in [5.41, 5.74) is 7.65. The van der Waals surface area contributed by atoms with E-state index in [1.54, 1.807) is 11.8 Å². The molecular weight excluding hydrogens is 318 g/mol. The number of benzene rings is 1. The summed E-state index contributed by atoms with van der Waals surface area (Å²) in [4.78, 5) is 8.81. The molecule has 2 N–H and O–H groups in total. The molecular formula is C18H17N5O2. The number of aromatic nitrogens is 4. The van der Waals surface area contributed by atoms with Crippen molar-refractivity contribution in [2.45, 2.75) is 13.5 Å². The average Bonchev–Trinajstić information content (AvgIpc) is 3.21. The van der Waals surface area contributed by atoms with E-state index >= 15 is 0 Å². The van der Waals surface area contributed by atoms with Crippen LogP contribution in [0.1, 0.15) is 11.3 Å². The van der Waals surface area contributed by atoms with Crippen molar-refractivity contribution in [1.29, 1.82) is 0 Å². The van der Waals surface area contributed by atoms with E-state index in [1.807, 2.05) is 49.5 Å². The Morgan fingerprint density at radius 1 is 1.16 bits per heavy atom. The molecule has 3 heterocycles. The second kappa shape index (κ2) is 5.94. The van der Waals surface area contributed by atoms with Crippen molar-refractivity contribution in [2.24, 2.45) is 0 Å². The molecule has 7 nitrogen and oxygen atoms in total. The summed E-state index contributed by atoms with van der Waals surface area (Å²) in [6, 6.07) is 11.5. The largest absolute Gasteiger partial charge is 0.496 e. The lowest BCUT2D eigenvalue weighted by Crippen LogP contribution is -2.02. The maximum Gasteiger partial charge on any atom is 0.199 e. The molecule has 25 heavy (non-hydrogen) atoms. The molecule has 0 fully saturated rings. The third-order valence-electron chi connectivity index (χ3n) is 3.94. The molecule has 0 aliphatic rings. The van der Waals surface area contributed by atoms with Gasteiger partial charge in [-0.15, -0.1) is 0 Å². The van der Waals surface area contributed by atoms with Crippen LogP contribution in [0.3, 0.4) is 0 Å². The van der Waals surface area contributed by atoms with E-state index in [2.05, 4.69) is 15.1 Å². The molecule has 0 aliphatic carbocycles. The molecule has 126 valence electrons. The minimum absolute atomic E-state index is 0.375.